The number of carboxylic acids is 1. The van der Waals surface area contributed by atoms with Gasteiger partial charge in [0.15, 0.2) is 0 Å². The quantitative estimate of drug-likeness (QED) is 0.894. The molecule has 0 saturated heterocycles. The van der Waals surface area contributed by atoms with Gasteiger partial charge in [0, 0.05) is 5.02 Å². The number of benzene rings is 1. The highest BCUT2D eigenvalue weighted by Gasteiger charge is 2.15. The van der Waals surface area contributed by atoms with Crippen LogP contribution in [-0.2, 0) is 11.2 Å². The number of aliphatic carboxylic acids is 1. The molecule has 0 spiro atoms. The first-order valence-electron chi connectivity index (χ1n) is 4.36. The van der Waals surface area contributed by atoms with Crippen LogP contribution in [0.4, 0.5) is 8.78 Å². The second-order valence-electron chi connectivity index (χ2n) is 3.10. The Bertz CT molecular complexity index is 407. The van der Waals surface area contributed by atoms with E-state index in [0.29, 0.717) is 5.56 Å². The van der Waals surface area contributed by atoms with E-state index in [0.717, 1.165) is 0 Å². The Balaban J connectivity index is 3.10. The van der Waals surface area contributed by atoms with Crippen molar-refractivity contribution in [1.29, 1.82) is 0 Å². The molecule has 3 nitrogen and oxygen atoms in total. The van der Waals surface area contributed by atoms with Crippen molar-refractivity contribution in [1.82, 2.24) is 0 Å². The molecule has 0 aliphatic carbocycles. The molecule has 1 aromatic carbocycles. The minimum Gasteiger partial charge on any atom is -0.481 e. The maximum Gasteiger partial charge on any atom is 0.387 e. The molecule has 0 bridgehead atoms. The summed E-state index contributed by atoms with van der Waals surface area (Å²) >= 11 is 5.78. The van der Waals surface area contributed by atoms with E-state index < -0.39 is 12.6 Å². The van der Waals surface area contributed by atoms with Crippen LogP contribution in [0.3, 0.4) is 0 Å². The number of alkyl halides is 2. The third-order valence-corrected chi connectivity index (χ3v) is 2.39. The van der Waals surface area contributed by atoms with Crippen LogP contribution in [-0.4, -0.2) is 17.7 Å². The van der Waals surface area contributed by atoms with Gasteiger partial charge in [-0.05, 0) is 30.2 Å². The second kappa shape index (κ2) is 5.12. The van der Waals surface area contributed by atoms with Crippen LogP contribution in [0.1, 0.15) is 11.1 Å². The topological polar surface area (TPSA) is 46.5 Å². The third-order valence-electron chi connectivity index (χ3n) is 2.04. The summed E-state index contributed by atoms with van der Waals surface area (Å²) in [5.41, 5.74) is 0.600. The highest BCUT2D eigenvalue weighted by molar-refractivity contribution is 6.31. The fourth-order valence-corrected chi connectivity index (χ4v) is 1.57. The summed E-state index contributed by atoms with van der Waals surface area (Å²) in [6.45, 7) is -1.46. The lowest BCUT2D eigenvalue weighted by Crippen LogP contribution is -2.07. The average molecular weight is 251 g/mol. The molecular formula is C10H9ClF2O3. The van der Waals surface area contributed by atoms with Gasteiger partial charge in [-0.1, -0.05) is 11.6 Å². The van der Waals surface area contributed by atoms with Crippen LogP contribution in [0.5, 0.6) is 5.75 Å². The average Bonchev–Trinajstić information content (AvgIpc) is 2.16. The van der Waals surface area contributed by atoms with Gasteiger partial charge in [0.2, 0.25) is 0 Å². The van der Waals surface area contributed by atoms with Crippen molar-refractivity contribution in [3.63, 3.8) is 0 Å². The zero-order valence-electron chi connectivity index (χ0n) is 8.34. The van der Waals surface area contributed by atoms with Gasteiger partial charge < -0.3 is 9.84 Å². The number of rotatable bonds is 4. The minimum absolute atomic E-state index is 0.0596. The van der Waals surface area contributed by atoms with Crippen molar-refractivity contribution >= 4 is 17.6 Å². The van der Waals surface area contributed by atoms with Gasteiger partial charge in [0.05, 0.1) is 6.42 Å². The van der Waals surface area contributed by atoms with E-state index in [1.54, 1.807) is 0 Å². The highest BCUT2D eigenvalue weighted by atomic mass is 35.5. The first-order chi connectivity index (χ1) is 7.41. The summed E-state index contributed by atoms with van der Waals surface area (Å²) in [5.74, 6) is -1.14. The van der Waals surface area contributed by atoms with Crippen molar-refractivity contribution in [2.75, 3.05) is 0 Å². The van der Waals surface area contributed by atoms with E-state index in [4.69, 9.17) is 16.7 Å². The summed E-state index contributed by atoms with van der Waals surface area (Å²) < 4.78 is 28.3. The lowest BCUT2D eigenvalue weighted by atomic mass is 10.0. The largest absolute Gasteiger partial charge is 0.481 e. The number of hydrogen-bond acceptors (Lipinski definition) is 2. The molecule has 16 heavy (non-hydrogen) atoms. The van der Waals surface area contributed by atoms with Gasteiger partial charge in [-0.2, -0.15) is 8.78 Å². The molecule has 6 heteroatoms. The van der Waals surface area contributed by atoms with E-state index >= 15 is 0 Å². The molecule has 0 heterocycles. The molecule has 0 aliphatic rings. The first-order valence-corrected chi connectivity index (χ1v) is 4.74. The molecule has 1 aromatic rings. The Kier molecular flexibility index (Phi) is 4.06. The Morgan fingerprint density at radius 1 is 1.56 bits per heavy atom. The molecule has 0 aromatic heterocycles. The normalized spacial score (nSPS) is 10.6. The summed E-state index contributed by atoms with van der Waals surface area (Å²) in [4.78, 5) is 10.6. The summed E-state index contributed by atoms with van der Waals surface area (Å²) in [5, 5.41) is 8.86. The maximum atomic E-state index is 12.0. The van der Waals surface area contributed by atoms with Gasteiger partial charge >= 0.3 is 12.6 Å². The molecule has 0 radical (unpaired) electrons. The van der Waals surface area contributed by atoms with Gasteiger partial charge in [-0.25, -0.2) is 0 Å². The maximum absolute atomic E-state index is 12.0. The van der Waals surface area contributed by atoms with Crippen LogP contribution in [0.2, 0.25) is 5.02 Å². The van der Waals surface area contributed by atoms with Crippen molar-refractivity contribution in [2.24, 2.45) is 0 Å². The van der Waals surface area contributed by atoms with Crippen LogP contribution in [0, 0.1) is 6.92 Å². The fourth-order valence-electron chi connectivity index (χ4n) is 1.29. The molecule has 88 valence electrons. The molecule has 0 fully saturated rings. The van der Waals surface area contributed by atoms with Crippen molar-refractivity contribution in [3.05, 3.63) is 28.3 Å². The zero-order valence-corrected chi connectivity index (χ0v) is 9.09. The predicted molar refractivity (Wildman–Crippen MR) is 54.2 cm³/mol. The van der Waals surface area contributed by atoms with Gasteiger partial charge in [-0.3, -0.25) is 4.79 Å². The molecule has 0 saturated carbocycles. The van der Waals surface area contributed by atoms with E-state index in [-0.39, 0.29) is 22.8 Å². The lowest BCUT2D eigenvalue weighted by molar-refractivity contribution is -0.136. The Morgan fingerprint density at radius 2 is 2.19 bits per heavy atom. The number of carboxylic acid groups (broad SMARTS) is 1. The molecule has 1 N–H and O–H groups in total. The van der Waals surface area contributed by atoms with Crippen molar-refractivity contribution in [3.8, 4) is 5.75 Å². The summed E-state index contributed by atoms with van der Waals surface area (Å²) in [6, 6.07) is 2.62. The number of halogens is 3. The number of ether oxygens (including phenoxy) is 1. The molecule has 0 amide bonds. The second-order valence-corrected chi connectivity index (χ2v) is 3.51. The smallest absolute Gasteiger partial charge is 0.387 e. The molecule has 0 aliphatic heterocycles. The highest BCUT2D eigenvalue weighted by Crippen LogP contribution is 2.29. The van der Waals surface area contributed by atoms with Crippen LogP contribution < -0.4 is 4.74 Å². The number of hydrogen-bond donors (Lipinski definition) is 1. The van der Waals surface area contributed by atoms with E-state index in [9.17, 15) is 13.6 Å². The predicted octanol–water partition coefficient (Wildman–Crippen LogP) is 2.88. The van der Waals surface area contributed by atoms with Gasteiger partial charge in [0.1, 0.15) is 5.75 Å². The minimum atomic E-state index is -2.95. The van der Waals surface area contributed by atoms with Crippen LogP contribution in [0.15, 0.2) is 12.1 Å². The number of carbonyl (C=O) groups is 1. The van der Waals surface area contributed by atoms with E-state index in [1.807, 2.05) is 0 Å². The zero-order chi connectivity index (χ0) is 12.3. The summed E-state index contributed by atoms with van der Waals surface area (Å²) in [7, 11) is 0. The lowest BCUT2D eigenvalue weighted by Gasteiger charge is -2.12. The Hall–Kier alpha value is -1.36. The van der Waals surface area contributed by atoms with Gasteiger partial charge in [0.25, 0.3) is 0 Å². The molecule has 0 atom stereocenters. The molecule has 1 rings (SSSR count). The first kappa shape index (κ1) is 12.7. The van der Waals surface area contributed by atoms with E-state index in [2.05, 4.69) is 4.74 Å². The Morgan fingerprint density at radius 3 is 2.69 bits per heavy atom. The Labute approximate surface area is 95.6 Å². The summed E-state index contributed by atoms with van der Waals surface area (Å²) in [6.07, 6.45) is -0.328. The van der Waals surface area contributed by atoms with Crippen molar-refractivity contribution < 1.29 is 23.4 Å². The fraction of sp³-hybridized carbons (Fsp3) is 0.300. The molecule has 0 unspecified atom stereocenters. The standard InChI is InChI=1S/C10H9ClF2O3/c1-5-6(4-9(14)15)7(11)2-3-8(5)16-10(12)13/h2-3,10H,4H2,1H3,(H,14,15). The SMILES string of the molecule is Cc1c(OC(F)F)ccc(Cl)c1CC(=O)O. The van der Waals surface area contributed by atoms with Gasteiger partial charge in [-0.15, -0.1) is 0 Å². The van der Waals surface area contributed by atoms with Crippen LogP contribution >= 0.6 is 11.6 Å². The van der Waals surface area contributed by atoms with Crippen molar-refractivity contribution in [2.45, 2.75) is 20.0 Å². The third kappa shape index (κ3) is 3.06. The van der Waals surface area contributed by atoms with Crippen LogP contribution in [0.25, 0.3) is 0 Å². The van der Waals surface area contributed by atoms with E-state index in [1.165, 1.54) is 19.1 Å². The monoisotopic (exact) mass is 250 g/mol. The molecular weight excluding hydrogens is 242 g/mol.